The highest BCUT2D eigenvalue weighted by Crippen LogP contribution is 2.39. The van der Waals surface area contributed by atoms with Gasteiger partial charge in [-0.3, -0.25) is 0 Å². The average Bonchev–Trinajstić information content (AvgIpc) is 2.70. The summed E-state index contributed by atoms with van der Waals surface area (Å²) in [5, 5.41) is 40.9. The van der Waals surface area contributed by atoms with Crippen LogP contribution >= 0.6 is 0 Å². The number of benzene rings is 1. The maximum absolute atomic E-state index is 13.3. The molecule has 0 unspecified atom stereocenters. The highest BCUT2D eigenvalue weighted by molar-refractivity contribution is 5.74. The van der Waals surface area contributed by atoms with Gasteiger partial charge in [-0.15, -0.1) is 10.2 Å². The number of alkyl halides is 3. The van der Waals surface area contributed by atoms with E-state index < -0.39 is 11.7 Å². The Labute approximate surface area is 171 Å². The minimum absolute atomic E-state index is 0.0725. The molecule has 2 aromatic rings. The van der Waals surface area contributed by atoms with Crippen LogP contribution in [0.3, 0.4) is 0 Å². The van der Waals surface area contributed by atoms with E-state index in [0.29, 0.717) is 11.1 Å². The van der Waals surface area contributed by atoms with E-state index in [0.717, 1.165) is 6.07 Å². The minimum Gasteiger partial charge on any atom is -0.395 e. The summed E-state index contributed by atoms with van der Waals surface area (Å²) in [6.45, 7) is 2.91. The average molecular weight is 422 g/mol. The molecule has 0 aliphatic rings. The molecule has 0 saturated heterocycles. The van der Waals surface area contributed by atoms with Gasteiger partial charge in [-0.1, -0.05) is 11.6 Å². The molecule has 4 N–H and O–H groups in total. The van der Waals surface area contributed by atoms with Crippen molar-refractivity contribution in [2.24, 2.45) is 10.2 Å². The van der Waals surface area contributed by atoms with Gasteiger partial charge >= 0.3 is 6.18 Å². The van der Waals surface area contributed by atoms with Gasteiger partial charge in [-0.2, -0.15) is 18.4 Å². The Bertz CT molecular complexity index is 970. The Hall–Kier alpha value is -3.23. The molecular formula is C19H21F3N6O2. The number of aryl methyl sites for hydroxylation is 1. The second kappa shape index (κ2) is 10.00. The standard InChI is InChI=1S/C19H21F3N6O2/c1-11-3-4-15(14(9-11)19(20,21)22)27-28-16-12(2)13(10-23)17(24-5-7-29)26-18(16)25-6-8-30/h3-4,9,29-30H,5-8H2,1-2H3,(H2,24,25,26). The first kappa shape index (κ1) is 23.1. The third kappa shape index (κ3) is 5.43. The van der Waals surface area contributed by atoms with Crippen molar-refractivity contribution in [3.8, 4) is 6.07 Å². The number of hydrogen-bond donors (Lipinski definition) is 4. The van der Waals surface area contributed by atoms with Gasteiger partial charge in [0.2, 0.25) is 0 Å². The monoisotopic (exact) mass is 422 g/mol. The van der Waals surface area contributed by atoms with Crippen LogP contribution in [-0.2, 0) is 6.18 Å². The summed E-state index contributed by atoms with van der Waals surface area (Å²) in [6.07, 6.45) is -4.61. The van der Waals surface area contributed by atoms with Crippen LogP contribution in [0.15, 0.2) is 28.4 Å². The van der Waals surface area contributed by atoms with E-state index in [1.165, 1.54) is 12.1 Å². The van der Waals surface area contributed by atoms with Crippen LogP contribution in [-0.4, -0.2) is 41.5 Å². The summed E-state index contributed by atoms with van der Waals surface area (Å²) in [5.74, 6) is 0.306. The molecule has 0 amide bonds. The molecule has 0 aliphatic carbocycles. The van der Waals surface area contributed by atoms with E-state index in [4.69, 9.17) is 10.2 Å². The molecule has 8 nitrogen and oxygen atoms in total. The van der Waals surface area contributed by atoms with Crippen molar-refractivity contribution in [1.29, 1.82) is 5.26 Å². The molecule has 11 heteroatoms. The lowest BCUT2D eigenvalue weighted by molar-refractivity contribution is -0.137. The Kier molecular flexibility index (Phi) is 7.68. The number of hydrogen-bond acceptors (Lipinski definition) is 8. The van der Waals surface area contributed by atoms with E-state index in [-0.39, 0.29) is 54.9 Å². The van der Waals surface area contributed by atoms with E-state index in [9.17, 15) is 18.4 Å². The number of azo groups is 1. The number of nitrogens with zero attached hydrogens (tertiary/aromatic N) is 4. The summed E-state index contributed by atoms with van der Waals surface area (Å²) < 4.78 is 40.0. The number of pyridine rings is 1. The summed E-state index contributed by atoms with van der Waals surface area (Å²) in [4.78, 5) is 4.23. The van der Waals surface area contributed by atoms with Crippen molar-refractivity contribution in [2.45, 2.75) is 20.0 Å². The molecule has 0 fully saturated rings. The molecule has 0 atom stereocenters. The van der Waals surface area contributed by atoms with Gasteiger partial charge in [-0.25, -0.2) is 4.98 Å². The number of aliphatic hydroxyl groups is 2. The van der Waals surface area contributed by atoms with Crippen LogP contribution in [0.5, 0.6) is 0 Å². The summed E-state index contributed by atoms with van der Waals surface area (Å²) in [7, 11) is 0. The van der Waals surface area contributed by atoms with E-state index in [1.54, 1.807) is 13.8 Å². The van der Waals surface area contributed by atoms with Gasteiger partial charge in [0.1, 0.15) is 17.6 Å². The second-order valence-electron chi connectivity index (χ2n) is 6.29. The van der Waals surface area contributed by atoms with Crippen molar-refractivity contribution in [2.75, 3.05) is 36.9 Å². The van der Waals surface area contributed by atoms with Gasteiger partial charge < -0.3 is 20.8 Å². The Morgan fingerprint density at radius 1 is 1.07 bits per heavy atom. The van der Waals surface area contributed by atoms with E-state index in [2.05, 4.69) is 25.8 Å². The fourth-order valence-electron chi connectivity index (χ4n) is 2.62. The summed E-state index contributed by atoms with van der Waals surface area (Å²) in [6, 6.07) is 5.66. The summed E-state index contributed by atoms with van der Waals surface area (Å²) >= 11 is 0. The maximum Gasteiger partial charge on any atom is 0.418 e. The van der Waals surface area contributed by atoms with Crippen molar-refractivity contribution in [1.82, 2.24) is 4.98 Å². The highest BCUT2D eigenvalue weighted by atomic mass is 19.4. The van der Waals surface area contributed by atoms with Gasteiger partial charge in [-0.05, 0) is 26.0 Å². The number of rotatable bonds is 8. The number of halogens is 3. The van der Waals surface area contributed by atoms with Gasteiger partial charge in [0.15, 0.2) is 5.82 Å². The quantitative estimate of drug-likeness (QED) is 0.479. The van der Waals surface area contributed by atoms with E-state index >= 15 is 0 Å². The number of nitriles is 1. The Morgan fingerprint density at radius 3 is 2.27 bits per heavy atom. The molecule has 0 saturated carbocycles. The van der Waals surface area contributed by atoms with Crippen molar-refractivity contribution in [3.05, 3.63) is 40.5 Å². The van der Waals surface area contributed by atoms with Crippen molar-refractivity contribution in [3.63, 3.8) is 0 Å². The predicted octanol–water partition coefficient (Wildman–Crippen LogP) is 3.81. The normalized spacial score (nSPS) is 11.5. The van der Waals surface area contributed by atoms with Crippen molar-refractivity contribution >= 4 is 23.0 Å². The lowest BCUT2D eigenvalue weighted by Crippen LogP contribution is -2.13. The Morgan fingerprint density at radius 2 is 1.70 bits per heavy atom. The molecule has 30 heavy (non-hydrogen) atoms. The first-order valence-corrected chi connectivity index (χ1v) is 8.96. The SMILES string of the molecule is Cc1ccc(N=Nc2c(NCCO)nc(NCCO)c(C#N)c2C)c(C(F)(F)F)c1. The van der Waals surface area contributed by atoms with Crippen LogP contribution in [0, 0.1) is 25.2 Å². The van der Waals surface area contributed by atoms with Gasteiger partial charge in [0.25, 0.3) is 0 Å². The van der Waals surface area contributed by atoms with Crippen LogP contribution in [0.4, 0.5) is 36.2 Å². The number of aliphatic hydroxyl groups excluding tert-OH is 2. The van der Waals surface area contributed by atoms with Gasteiger partial charge in [0, 0.05) is 18.7 Å². The molecular weight excluding hydrogens is 401 g/mol. The minimum atomic E-state index is -4.61. The molecule has 0 radical (unpaired) electrons. The van der Waals surface area contributed by atoms with E-state index in [1.807, 2.05) is 6.07 Å². The fourth-order valence-corrected chi connectivity index (χ4v) is 2.62. The van der Waals surface area contributed by atoms with Crippen molar-refractivity contribution < 1.29 is 23.4 Å². The molecule has 2 rings (SSSR count). The van der Waals surface area contributed by atoms with Crippen LogP contribution in [0.1, 0.15) is 22.3 Å². The molecule has 0 bridgehead atoms. The lowest BCUT2D eigenvalue weighted by Gasteiger charge is -2.15. The zero-order chi connectivity index (χ0) is 22.3. The topological polar surface area (TPSA) is 126 Å². The van der Waals surface area contributed by atoms with Crippen LogP contribution in [0.25, 0.3) is 0 Å². The predicted molar refractivity (Wildman–Crippen MR) is 105 cm³/mol. The third-order valence-electron chi connectivity index (χ3n) is 4.05. The smallest absolute Gasteiger partial charge is 0.395 e. The van der Waals surface area contributed by atoms with Gasteiger partial charge in [0.05, 0.1) is 30.0 Å². The lowest BCUT2D eigenvalue weighted by atomic mass is 10.1. The fraction of sp³-hybridized carbons (Fsp3) is 0.368. The number of anilines is 2. The maximum atomic E-state index is 13.3. The molecule has 160 valence electrons. The number of nitrogens with one attached hydrogen (secondary N) is 2. The molecule has 1 aromatic heterocycles. The third-order valence-corrected chi connectivity index (χ3v) is 4.05. The zero-order valence-electron chi connectivity index (χ0n) is 16.4. The first-order chi connectivity index (χ1) is 14.2. The second-order valence-corrected chi connectivity index (χ2v) is 6.29. The summed E-state index contributed by atoms with van der Waals surface area (Å²) in [5.41, 5.74) is -0.353. The van der Waals surface area contributed by atoms with Crippen LogP contribution < -0.4 is 10.6 Å². The Balaban J connectivity index is 2.59. The largest absolute Gasteiger partial charge is 0.418 e. The van der Waals surface area contributed by atoms with Crippen LogP contribution in [0.2, 0.25) is 0 Å². The molecule has 0 aliphatic heterocycles. The highest BCUT2D eigenvalue weighted by Gasteiger charge is 2.33. The molecule has 0 spiro atoms. The first-order valence-electron chi connectivity index (χ1n) is 8.96. The zero-order valence-corrected chi connectivity index (χ0v) is 16.4. The molecule has 1 heterocycles. The number of aromatic nitrogens is 1. The molecule has 1 aromatic carbocycles.